The SMILES string of the molecule is COC(=O)C/C=C/CCBr. The van der Waals surface area contributed by atoms with Gasteiger partial charge < -0.3 is 4.74 Å². The molecule has 0 aliphatic heterocycles. The highest BCUT2D eigenvalue weighted by atomic mass is 79.9. The van der Waals surface area contributed by atoms with E-state index in [-0.39, 0.29) is 5.97 Å². The van der Waals surface area contributed by atoms with Gasteiger partial charge in [-0.15, -0.1) is 0 Å². The van der Waals surface area contributed by atoms with Crippen molar-refractivity contribution in [2.45, 2.75) is 12.8 Å². The summed E-state index contributed by atoms with van der Waals surface area (Å²) in [6.45, 7) is 0. The predicted octanol–water partition coefficient (Wildman–Crippen LogP) is 1.89. The van der Waals surface area contributed by atoms with Gasteiger partial charge in [0, 0.05) is 5.33 Å². The van der Waals surface area contributed by atoms with Crippen molar-refractivity contribution in [1.29, 1.82) is 0 Å². The average Bonchev–Trinajstić information content (AvgIpc) is 1.98. The lowest BCUT2D eigenvalue weighted by Crippen LogP contribution is -1.96. The fraction of sp³-hybridized carbons (Fsp3) is 0.571. The molecule has 58 valence electrons. The quantitative estimate of drug-likeness (QED) is 0.399. The van der Waals surface area contributed by atoms with Crippen LogP contribution in [0.1, 0.15) is 12.8 Å². The molecular formula is C7H11BrO2. The van der Waals surface area contributed by atoms with Crippen LogP contribution in [0.15, 0.2) is 12.2 Å². The number of hydrogen-bond acceptors (Lipinski definition) is 2. The third-order valence-electron chi connectivity index (χ3n) is 0.955. The minimum absolute atomic E-state index is 0.189. The fourth-order valence-corrected chi connectivity index (χ4v) is 0.708. The normalized spacial score (nSPS) is 10.2. The molecule has 0 bridgehead atoms. The van der Waals surface area contributed by atoms with Crippen molar-refractivity contribution in [3.63, 3.8) is 0 Å². The number of ether oxygens (including phenoxy) is 1. The van der Waals surface area contributed by atoms with Gasteiger partial charge in [-0.05, 0) is 6.42 Å². The lowest BCUT2D eigenvalue weighted by atomic mass is 10.3. The minimum Gasteiger partial charge on any atom is -0.469 e. The number of hydrogen-bond donors (Lipinski definition) is 0. The smallest absolute Gasteiger partial charge is 0.309 e. The summed E-state index contributed by atoms with van der Waals surface area (Å²) in [5.41, 5.74) is 0. The van der Waals surface area contributed by atoms with E-state index in [1.54, 1.807) is 0 Å². The summed E-state index contributed by atoms with van der Waals surface area (Å²) in [7, 11) is 1.39. The molecule has 0 aliphatic carbocycles. The van der Waals surface area contributed by atoms with Gasteiger partial charge in [-0.25, -0.2) is 0 Å². The molecule has 0 fully saturated rings. The molecule has 0 saturated heterocycles. The highest BCUT2D eigenvalue weighted by Gasteiger charge is 1.92. The van der Waals surface area contributed by atoms with Crippen LogP contribution in [-0.2, 0) is 9.53 Å². The number of halogens is 1. The summed E-state index contributed by atoms with van der Waals surface area (Å²) < 4.78 is 4.43. The van der Waals surface area contributed by atoms with Crippen LogP contribution in [0.2, 0.25) is 0 Å². The van der Waals surface area contributed by atoms with E-state index in [0.717, 1.165) is 11.8 Å². The molecule has 10 heavy (non-hydrogen) atoms. The van der Waals surface area contributed by atoms with Crippen LogP contribution in [0.25, 0.3) is 0 Å². The molecule has 0 aliphatic rings. The van der Waals surface area contributed by atoms with Crippen molar-refractivity contribution < 1.29 is 9.53 Å². The standard InChI is InChI=1S/C7H11BrO2/c1-10-7(9)5-3-2-4-6-8/h2-3H,4-6H2,1H3/b3-2+. The van der Waals surface area contributed by atoms with Gasteiger partial charge in [0.05, 0.1) is 13.5 Å². The van der Waals surface area contributed by atoms with Gasteiger partial charge in [0.15, 0.2) is 0 Å². The van der Waals surface area contributed by atoms with E-state index in [4.69, 9.17) is 0 Å². The first-order valence-corrected chi connectivity index (χ1v) is 4.21. The third kappa shape index (κ3) is 5.82. The summed E-state index contributed by atoms with van der Waals surface area (Å²) >= 11 is 3.27. The van der Waals surface area contributed by atoms with E-state index in [9.17, 15) is 4.79 Å². The monoisotopic (exact) mass is 206 g/mol. The Morgan fingerprint density at radius 3 is 2.80 bits per heavy atom. The van der Waals surface area contributed by atoms with Crippen molar-refractivity contribution in [2.75, 3.05) is 12.4 Å². The maximum absolute atomic E-state index is 10.5. The number of allylic oxidation sites excluding steroid dienone is 1. The van der Waals surface area contributed by atoms with Crippen molar-refractivity contribution in [2.24, 2.45) is 0 Å². The van der Waals surface area contributed by atoms with E-state index in [1.807, 2.05) is 12.2 Å². The molecular weight excluding hydrogens is 196 g/mol. The number of esters is 1. The molecule has 0 rings (SSSR count). The summed E-state index contributed by atoms with van der Waals surface area (Å²) in [6.07, 6.45) is 5.10. The molecule has 0 radical (unpaired) electrons. The molecule has 3 heteroatoms. The number of alkyl halides is 1. The Kier molecular flexibility index (Phi) is 6.59. The molecule has 0 aromatic carbocycles. The Morgan fingerprint density at radius 1 is 1.60 bits per heavy atom. The molecule has 0 aromatic rings. The second-order valence-corrected chi connectivity index (χ2v) is 2.52. The predicted molar refractivity (Wildman–Crippen MR) is 44.2 cm³/mol. The highest BCUT2D eigenvalue weighted by Crippen LogP contribution is 1.92. The number of carbonyl (C=O) groups excluding carboxylic acids is 1. The zero-order chi connectivity index (χ0) is 7.82. The zero-order valence-corrected chi connectivity index (χ0v) is 7.56. The molecule has 0 atom stereocenters. The van der Waals surface area contributed by atoms with E-state index >= 15 is 0 Å². The van der Waals surface area contributed by atoms with Crippen molar-refractivity contribution in [3.8, 4) is 0 Å². The van der Waals surface area contributed by atoms with Crippen LogP contribution in [0.5, 0.6) is 0 Å². The lowest BCUT2D eigenvalue weighted by Gasteiger charge is -1.90. The third-order valence-corrected chi connectivity index (χ3v) is 1.41. The molecule has 0 heterocycles. The van der Waals surface area contributed by atoms with E-state index in [1.165, 1.54) is 7.11 Å². The number of methoxy groups -OCH3 is 1. The Hall–Kier alpha value is -0.310. The second kappa shape index (κ2) is 6.81. The summed E-state index contributed by atoms with van der Waals surface area (Å²) in [4.78, 5) is 10.5. The molecule has 0 unspecified atom stereocenters. The van der Waals surface area contributed by atoms with Gasteiger partial charge in [0.25, 0.3) is 0 Å². The molecule has 0 N–H and O–H groups in total. The van der Waals surface area contributed by atoms with Gasteiger partial charge in [0.2, 0.25) is 0 Å². The summed E-state index contributed by atoms with van der Waals surface area (Å²) in [6, 6.07) is 0. The average molecular weight is 207 g/mol. The van der Waals surface area contributed by atoms with Crippen LogP contribution in [0, 0.1) is 0 Å². The largest absolute Gasteiger partial charge is 0.469 e. The highest BCUT2D eigenvalue weighted by molar-refractivity contribution is 9.09. The second-order valence-electron chi connectivity index (χ2n) is 1.73. The van der Waals surface area contributed by atoms with Crippen LogP contribution >= 0.6 is 15.9 Å². The molecule has 2 nitrogen and oxygen atoms in total. The summed E-state index contributed by atoms with van der Waals surface area (Å²) in [5, 5.41) is 0.935. The fourth-order valence-electron chi connectivity index (χ4n) is 0.444. The Bertz CT molecular complexity index is 121. The van der Waals surface area contributed by atoms with Gasteiger partial charge in [-0.3, -0.25) is 4.79 Å². The van der Waals surface area contributed by atoms with Crippen molar-refractivity contribution in [3.05, 3.63) is 12.2 Å². The zero-order valence-electron chi connectivity index (χ0n) is 5.97. The van der Waals surface area contributed by atoms with E-state index in [0.29, 0.717) is 6.42 Å². The molecule has 0 amide bonds. The van der Waals surface area contributed by atoms with Crippen LogP contribution < -0.4 is 0 Å². The first-order chi connectivity index (χ1) is 4.81. The molecule has 0 saturated carbocycles. The maximum Gasteiger partial charge on any atom is 0.309 e. The maximum atomic E-state index is 10.5. The van der Waals surface area contributed by atoms with E-state index in [2.05, 4.69) is 20.7 Å². The number of carbonyl (C=O) groups is 1. The van der Waals surface area contributed by atoms with Gasteiger partial charge in [0.1, 0.15) is 0 Å². The van der Waals surface area contributed by atoms with Gasteiger partial charge in [-0.2, -0.15) is 0 Å². The Labute approximate surface area is 69.4 Å². The lowest BCUT2D eigenvalue weighted by molar-refractivity contribution is -0.139. The Morgan fingerprint density at radius 2 is 2.30 bits per heavy atom. The first-order valence-electron chi connectivity index (χ1n) is 3.09. The minimum atomic E-state index is -0.189. The van der Waals surface area contributed by atoms with Crippen LogP contribution in [0.4, 0.5) is 0 Å². The molecule has 0 spiro atoms. The van der Waals surface area contributed by atoms with E-state index < -0.39 is 0 Å². The van der Waals surface area contributed by atoms with Gasteiger partial charge >= 0.3 is 5.97 Å². The van der Waals surface area contributed by atoms with Crippen LogP contribution in [0.3, 0.4) is 0 Å². The first kappa shape index (κ1) is 9.69. The van der Waals surface area contributed by atoms with Crippen molar-refractivity contribution >= 4 is 21.9 Å². The number of rotatable bonds is 4. The van der Waals surface area contributed by atoms with Crippen molar-refractivity contribution in [1.82, 2.24) is 0 Å². The topological polar surface area (TPSA) is 26.3 Å². The molecule has 0 aromatic heterocycles. The van der Waals surface area contributed by atoms with Gasteiger partial charge in [-0.1, -0.05) is 28.1 Å². The van der Waals surface area contributed by atoms with Crippen LogP contribution in [-0.4, -0.2) is 18.4 Å². The summed E-state index contributed by atoms with van der Waals surface area (Å²) in [5.74, 6) is -0.189. The Balaban J connectivity index is 3.25.